The average Bonchev–Trinajstić information content (AvgIpc) is 2.05. The van der Waals surface area contributed by atoms with Gasteiger partial charge in [-0.3, -0.25) is 0 Å². The van der Waals surface area contributed by atoms with Gasteiger partial charge in [0.25, 0.3) is 0 Å². The van der Waals surface area contributed by atoms with E-state index in [9.17, 15) is 0 Å². The summed E-state index contributed by atoms with van der Waals surface area (Å²) in [5.41, 5.74) is 0. The molecule has 0 amide bonds. The first-order valence-corrected chi connectivity index (χ1v) is 22.0. The molecule has 0 unspecified atom stereocenters. The smallest absolute Gasteiger partial charge is 0.0307 e. The predicted octanol–water partition coefficient (Wildman–Crippen LogP) is 7.29. The van der Waals surface area contributed by atoms with Gasteiger partial charge in [-0.25, -0.2) is 0 Å². The molecule has 4 radical (unpaired) electrons. The summed E-state index contributed by atoms with van der Waals surface area (Å²) in [6.07, 6.45) is 0. The molecule has 0 saturated carbocycles. The van der Waals surface area contributed by atoms with Gasteiger partial charge >= 0.3 is 139 Å². The zero-order chi connectivity index (χ0) is 20.6. The molecule has 0 spiro atoms. The van der Waals surface area contributed by atoms with Crippen molar-refractivity contribution in [2.24, 2.45) is 0 Å². The molecule has 0 rings (SSSR count). The third-order valence-electron chi connectivity index (χ3n) is 2.73. The van der Waals surface area contributed by atoms with Crippen LogP contribution in [-0.2, 0) is 0 Å². The maximum Gasteiger partial charge on any atom is 0.0307 e. The minimum absolute atomic E-state index is 0.150. The number of rotatable bonds is 1. The Hall–Kier alpha value is 2.03. The Morgan fingerprint density at radius 1 is 0.375 bits per heavy atom. The molecule has 0 aromatic heterocycles. The van der Waals surface area contributed by atoms with Gasteiger partial charge in [-0.2, -0.15) is 0 Å². The molecule has 24 heavy (non-hydrogen) atoms. The first kappa shape index (κ1) is 30.7. The van der Waals surface area contributed by atoms with Crippen LogP contribution in [0.4, 0.5) is 0 Å². The quantitative estimate of drug-likeness (QED) is 0.284. The van der Waals surface area contributed by atoms with Gasteiger partial charge in [0.05, 0.1) is 0 Å². The molecule has 0 nitrogen and oxygen atoms in total. The Labute approximate surface area is 180 Å². The van der Waals surface area contributed by atoms with E-state index in [1.54, 1.807) is 0 Å². The molecule has 146 valence electrons. The van der Waals surface area contributed by atoms with Crippen molar-refractivity contribution in [2.75, 3.05) is 0 Å². The molecule has 0 atom stereocenters. The van der Waals surface area contributed by atoms with E-state index in [0.717, 1.165) is 0 Å². The maximum atomic E-state index is 2.39. The zero-order valence-corrected chi connectivity index (χ0v) is 28.7. The fourth-order valence-electron chi connectivity index (χ4n) is 2.60. The summed E-state index contributed by atoms with van der Waals surface area (Å²) in [6.45, 7) is 38.0. The van der Waals surface area contributed by atoms with Crippen molar-refractivity contribution < 1.29 is 0 Å². The summed E-state index contributed by atoms with van der Waals surface area (Å²) < 4.78 is 2.70. The van der Waals surface area contributed by atoms with Crippen molar-refractivity contribution in [2.45, 2.75) is 123 Å². The van der Waals surface area contributed by atoms with Crippen LogP contribution in [0.2, 0.25) is 39.9 Å². The van der Waals surface area contributed by atoms with E-state index in [-0.39, 0.29) is 58.9 Å². The second-order valence-corrected chi connectivity index (χ2v) is 43.2. The molecule has 0 aromatic carbocycles. The second-order valence-electron chi connectivity index (χ2n) is 11.8. The van der Waals surface area contributed by atoms with Gasteiger partial charge in [-0.05, 0) is 0 Å². The van der Waals surface area contributed by atoms with Gasteiger partial charge in [0.1, 0.15) is 0 Å². The van der Waals surface area contributed by atoms with Crippen LogP contribution >= 0.6 is 0 Å². The molecular weight excluding hydrogens is 534 g/mol. The first-order valence-electron chi connectivity index (χ1n) is 9.40. The molecule has 4 heteroatoms. The van der Waals surface area contributed by atoms with Gasteiger partial charge in [0.2, 0.25) is 0 Å². The van der Waals surface area contributed by atoms with Gasteiger partial charge in [-0.1, -0.05) is 26.2 Å². The molecule has 0 bridgehead atoms. The van der Waals surface area contributed by atoms with E-state index in [1.165, 1.54) is 0 Å². The second kappa shape index (κ2) is 12.5. The normalized spacial score (nSPS) is 13.2. The number of hydrogen-bond acceptors (Lipinski definition) is 0. The topological polar surface area (TPSA) is 0 Å². The van der Waals surface area contributed by atoms with Crippen molar-refractivity contribution in [3.8, 4) is 0 Å². The predicted molar refractivity (Wildman–Crippen MR) is 128 cm³/mol. The van der Waals surface area contributed by atoms with Crippen LogP contribution in [0.3, 0.4) is 0 Å². The van der Waals surface area contributed by atoms with Crippen LogP contribution in [0.1, 0.15) is 83.1 Å². The summed E-state index contributed by atoms with van der Waals surface area (Å²) in [5.74, 6) is 0. The Bertz CT molecular complexity index is 242. The van der Waals surface area contributed by atoms with Gasteiger partial charge < -0.3 is 0 Å². The van der Waals surface area contributed by atoms with E-state index >= 15 is 0 Å². The van der Waals surface area contributed by atoms with Crippen LogP contribution in [-0.4, -0.2) is 58.9 Å². The minimum atomic E-state index is -0.355. The zero-order valence-electron chi connectivity index (χ0n) is 20.2. The molecule has 0 aromatic rings. The van der Waals surface area contributed by atoms with Gasteiger partial charge in [-0.15, -0.1) is 0 Å². The van der Waals surface area contributed by atoms with Gasteiger partial charge in [0, 0.05) is 16.6 Å². The minimum Gasteiger partial charge on any atom is -0.0735 e. The van der Waals surface area contributed by atoms with Crippen molar-refractivity contribution in [1.29, 1.82) is 0 Å². The third-order valence-corrected chi connectivity index (χ3v) is 20.6. The summed E-state index contributed by atoms with van der Waals surface area (Å²) in [6, 6.07) is 0. The van der Waals surface area contributed by atoms with E-state index in [1.807, 2.05) is 0 Å². The Kier molecular flexibility index (Phi) is 16.0. The molecule has 0 aliphatic heterocycles. The van der Waals surface area contributed by atoms with Crippen molar-refractivity contribution in [1.82, 2.24) is 0 Å². The van der Waals surface area contributed by atoms with Crippen LogP contribution in [0, 0.1) is 0 Å². The number of hydrogen-bond donors (Lipinski definition) is 0. The van der Waals surface area contributed by atoms with E-state index in [0.29, 0.717) is 13.7 Å². The molecular formula is C20H50Si2Sn2. The van der Waals surface area contributed by atoms with Crippen LogP contribution in [0.5, 0.6) is 0 Å². The third kappa shape index (κ3) is 39.2. The maximum absolute atomic E-state index is 2.39. The van der Waals surface area contributed by atoms with Crippen molar-refractivity contribution >= 4 is 58.9 Å². The van der Waals surface area contributed by atoms with E-state index < -0.39 is 0 Å². The van der Waals surface area contributed by atoms with Crippen molar-refractivity contribution in [3.05, 3.63) is 0 Å². The molecule has 0 fully saturated rings. The summed E-state index contributed by atoms with van der Waals surface area (Å²) in [4.78, 5) is 0. The molecule has 0 aliphatic rings. The summed E-state index contributed by atoms with van der Waals surface area (Å²) in [5, 5.41) is 0. The van der Waals surface area contributed by atoms with Crippen LogP contribution < -0.4 is 0 Å². The van der Waals surface area contributed by atoms with E-state index in [4.69, 9.17) is 0 Å². The van der Waals surface area contributed by atoms with E-state index in [2.05, 4.69) is 109 Å². The fourth-order valence-corrected chi connectivity index (χ4v) is 17.4. The SMILES string of the molecule is C[C](C)(C)[SnH][C](C)(C)C.C[C](C)(C)[SnH][C](C)(C)C.C[Si](C)[Si](C)C. The van der Waals surface area contributed by atoms with Crippen LogP contribution in [0.15, 0.2) is 0 Å². The molecule has 0 saturated heterocycles. The molecule has 0 N–H and O–H groups in total. The fraction of sp³-hybridized carbons (Fsp3) is 1.00. The Morgan fingerprint density at radius 2 is 0.500 bits per heavy atom. The largest absolute Gasteiger partial charge is 0.0735 e. The summed E-state index contributed by atoms with van der Waals surface area (Å²) in [7, 11) is 0.300. The average molecular weight is 584 g/mol. The molecule has 0 aliphatic carbocycles. The standard InChI is InChI=1S/C4H12Si2.4C4H9.2Sn.2H/c1-5(2)6(3)4;4*1-4(2)3;;;;/h1-4H3;4*1-3H3;;;;. The Morgan fingerprint density at radius 3 is 0.500 bits per heavy atom. The summed E-state index contributed by atoms with van der Waals surface area (Å²) >= 11 is -0.710. The Balaban J connectivity index is -0.000000282. The monoisotopic (exact) mass is 586 g/mol. The van der Waals surface area contributed by atoms with Crippen molar-refractivity contribution in [3.63, 3.8) is 0 Å². The first-order chi connectivity index (χ1) is 10.1. The van der Waals surface area contributed by atoms with Gasteiger partial charge in [0.15, 0.2) is 0 Å². The molecule has 0 heterocycles. The van der Waals surface area contributed by atoms with Crippen LogP contribution in [0.25, 0.3) is 0 Å².